The molecular formula is C19H23NO6S2. The lowest BCUT2D eigenvalue weighted by atomic mass is 9.74. The van der Waals surface area contributed by atoms with Gasteiger partial charge in [0, 0.05) is 30.7 Å². The van der Waals surface area contributed by atoms with Crippen molar-refractivity contribution in [2.24, 2.45) is 0 Å². The van der Waals surface area contributed by atoms with E-state index in [0.29, 0.717) is 26.1 Å². The topological polar surface area (TPSA) is 90.9 Å². The predicted molar refractivity (Wildman–Crippen MR) is 106 cm³/mol. The quantitative estimate of drug-likeness (QED) is 0.686. The Bertz CT molecular complexity index is 931. The van der Waals surface area contributed by atoms with Gasteiger partial charge in [0.1, 0.15) is 15.5 Å². The smallest absolute Gasteiger partial charge is 0.349 e. The fraction of sp³-hybridized carbons (Fsp3) is 0.421. The Hall–Kier alpha value is -1.94. The third-order valence-corrected chi connectivity index (χ3v) is 7.49. The van der Waals surface area contributed by atoms with Crippen LogP contribution in [-0.2, 0) is 24.9 Å². The fourth-order valence-corrected chi connectivity index (χ4v) is 5.91. The van der Waals surface area contributed by atoms with Gasteiger partial charge in [-0.25, -0.2) is 17.9 Å². The molecule has 1 fully saturated rings. The second kappa shape index (κ2) is 8.60. The molecule has 1 aromatic carbocycles. The van der Waals surface area contributed by atoms with Crippen molar-refractivity contribution in [3.63, 3.8) is 0 Å². The molecular weight excluding hydrogens is 402 g/mol. The maximum Gasteiger partial charge on any atom is 0.349 e. The summed E-state index contributed by atoms with van der Waals surface area (Å²) >= 11 is 1.04. The number of nitrogens with one attached hydrogen (secondary N) is 1. The van der Waals surface area contributed by atoms with Gasteiger partial charge in [-0.1, -0.05) is 18.2 Å². The van der Waals surface area contributed by atoms with E-state index in [2.05, 4.69) is 4.72 Å². The Morgan fingerprint density at radius 3 is 2.61 bits per heavy atom. The number of esters is 1. The van der Waals surface area contributed by atoms with Gasteiger partial charge in [-0.05, 0) is 30.4 Å². The Kier molecular flexibility index (Phi) is 6.39. The van der Waals surface area contributed by atoms with Gasteiger partial charge in [-0.2, -0.15) is 0 Å². The minimum Gasteiger partial charge on any atom is -0.496 e. The van der Waals surface area contributed by atoms with Gasteiger partial charge in [0.2, 0.25) is 10.0 Å². The molecule has 7 nitrogen and oxygen atoms in total. The summed E-state index contributed by atoms with van der Waals surface area (Å²) in [5, 5.41) is 1.56. The predicted octanol–water partition coefficient (Wildman–Crippen LogP) is 2.57. The molecule has 0 radical (unpaired) electrons. The highest BCUT2D eigenvalue weighted by atomic mass is 32.2. The summed E-state index contributed by atoms with van der Waals surface area (Å²) in [6.45, 7) is 1.24. The molecule has 3 rings (SSSR count). The second-order valence-corrected chi connectivity index (χ2v) is 9.17. The summed E-state index contributed by atoms with van der Waals surface area (Å²) < 4.78 is 44.3. The van der Waals surface area contributed by atoms with Crippen molar-refractivity contribution < 1.29 is 27.4 Å². The number of carbonyl (C=O) groups is 1. The van der Waals surface area contributed by atoms with E-state index in [1.807, 2.05) is 24.3 Å². The Labute approximate surface area is 168 Å². The summed E-state index contributed by atoms with van der Waals surface area (Å²) in [5.41, 5.74) is 0.487. The third-order valence-electron chi connectivity index (χ3n) is 5.02. The molecule has 0 aliphatic carbocycles. The van der Waals surface area contributed by atoms with Crippen LogP contribution >= 0.6 is 11.3 Å². The van der Waals surface area contributed by atoms with Crippen molar-refractivity contribution in [2.45, 2.75) is 23.2 Å². The molecule has 2 heterocycles. The number of para-hydroxylation sites is 1. The Balaban J connectivity index is 1.91. The van der Waals surface area contributed by atoms with E-state index in [-0.39, 0.29) is 16.3 Å². The van der Waals surface area contributed by atoms with Gasteiger partial charge >= 0.3 is 5.97 Å². The van der Waals surface area contributed by atoms with Crippen LogP contribution in [0, 0.1) is 0 Å². The third kappa shape index (κ3) is 4.07. The van der Waals surface area contributed by atoms with Crippen LogP contribution in [0.2, 0.25) is 0 Å². The summed E-state index contributed by atoms with van der Waals surface area (Å²) in [4.78, 5) is 11.9. The van der Waals surface area contributed by atoms with Crippen LogP contribution in [0.15, 0.2) is 40.6 Å². The number of hydrogen-bond donors (Lipinski definition) is 1. The number of sulfonamides is 1. The van der Waals surface area contributed by atoms with E-state index in [1.54, 1.807) is 12.5 Å². The molecule has 0 unspecified atom stereocenters. The fourth-order valence-electron chi connectivity index (χ4n) is 3.45. The van der Waals surface area contributed by atoms with Gasteiger partial charge in [-0.3, -0.25) is 0 Å². The first-order valence-corrected chi connectivity index (χ1v) is 11.2. The van der Waals surface area contributed by atoms with E-state index in [4.69, 9.17) is 14.2 Å². The number of thiophene rings is 1. The summed E-state index contributed by atoms with van der Waals surface area (Å²) in [6, 6.07) is 9.04. The van der Waals surface area contributed by atoms with E-state index in [0.717, 1.165) is 22.6 Å². The molecule has 0 atom stereocenters. The standard InChI is InChI=1S/C19H23NO6S2/c1-24-15-6-4-3-5-14(15)19(8-10-26-11-9-19)13-20-28(22,23)16-7-12-27-17(16)18(21)25-2/h3-7,12,20H,8-11,13H2,1-2H3. The molecule has 1 aromatic heterocycles. The lowest BCUT2D eigenvalue weighted by molar-refractivity contribution is 0.0509. The molecule has 0 bridgehead atoms. The van der Waals surface area contributed by atoms with E-state index < -0.39 is 21.4 Å². The molecule has 1 aliphatic rings. The highest BCUT2D eigenvalue weighted by Crippen LogP contribution is 2.39. The van der Waals surface area contributed by atoms with Gasteiger partial charge in [0.05, 0.1) is 14.2 Å². The largest absolute Gasteiger partial charge is 0.496 e. The van der Waals surface area contributed by atoms with Crippen molar-refractivity contribution in [1.82, 2.24) is 4.72 Å². The van der Waals surface area contributed by atoms with E-state index >= 15 is 0 Å². The minimum absolute atomic E-state index is 0.0633. The van der Waals surface area contributed by atoms with Crippen molar-refractivity contribution >= 4 is 27.3 Å². The average molecular weight is 426 g/mol. The number of carbonyl (C=O) groups excluding carboxylic acids is 1. The zero-order valence-electron chi connectivity index (χ0n) is 15.8. The molecule has 1 N–H and O–H groups in total. The van der Waals surface area contributed by atoms with E-state index in [9.17, 15) is 13.2 Å². The number of methoxy groups -OCH3 is 2. The van der Waals surface area contributed by atoms with E-state index in [1.165, 1.54) is 13.2 Å². The molecule has 2 aromatic rings. The van der Waals surface area contributed by atoms with Gasteiger partial charge in [-0.15, -0.1) is 11.3 Å². The number of hydrogen-bond acceptors (Lipinski definition) is 7. The van der Waals surface area contributed by atoms with Crippen LogP contribution in [0.25, 0.3) is 0 Å². The van der Waals surface area contributed by atoms with Gasteiger partial charge in [0.25, 0.3) is 0 Å². The summed E-state index contributed by atoms with van der Waals surface area (Å²) in [6.07, 6.45) is 1.31. The highest BCUT2D eigenvalue weighted by molar-refractivity contribution is 7.89. The van der Waals surface area contributed by atoms with Crippen molar-refractivity contribution in [1.29, 1.82) is 0 Å². The number of benzene rings is 1. The van der Waals surface area contributed by atoms with Crippen LogP contribution in [0.5, 0.6) is 5.75 Å². The summed E-state index contributed by atoms with van der Waals surface area (Å²) in [7, 11) is -1.06. The Morgan fingerprint density at radius 1 is 1.21 bits per heavy atom. The van der Waals surface area contributed by atoms with Crippen LogP contribution in [0.4, 0.5) is 0 Å². The maximum atomic E-state index is 12.9. The van der Waals surface area contributed by atoms with Gasteiger partial charge < -0.3 is 14.2 Å². The maximum absolute atomic E-state index is 12.9. The SMILES string of the molecule is COC(=O)c1sccc1S(=O)(=O)NCC1(c2ccccc2OC)CCOCC1. The van der Waals surface area contributed by atoms with Crippen LogP contribution in [0.3, 0.4) is 0 Å². The van der Waals surface area contributed by atoms with Crippen molar-refractivity contribution in [3.05, 3.63) is 46.2 Å². The molecule has 1 aliphatic heterocycles. The second-order valence-electron chi connectivity index (χ2n) is 6.52. The minimum atomic E-state index is -3.89. The van der Waals surface area contributed by atoms with Crippen molar-refractivity contribution in [3.8, 4) is 5.75 Å². The van der Waals surface area contributed by atoms with Crippen molar-refractivity contribution in [2.75, 3.05) is 34.0 Å². The zero-order valence-corrected chi connectivity index (χ0v) is 17.4. The first kappa shape index (κ1) is 20.8. The normalized spacial score (nSPS) is 16.5. The highest BCUT2D eigenvalue weighted by Gasteiger charge is 2.38. The molecule has 0 amide bonds. The molecule has 9 heteroatoms. The molecule has 1 saturated heterocycles. The van der Waals surface area contributed by atoms with Gasteiger partial charge in [0.15, 0.2) is 0 Å². The monoisotopic (exact) mass is 425 g/mol. The lowest BCUT2D eigenvalue weighted by Gasteiger charge is -2.38. The average Bonchev–Trinajstić information content (AvgIpc) is 3.23. The van der Waals surface area contributed by atoms with Crippen LogP contribution < -0.4 is 9.46 Å². The number of ether oxygens (including phenoxy) is 3. The molecule has 0 spiro atoms. The summed E-state index contributed by atoms with van der Waals surface area (Å²) in [5.74, 6) is 0.0512. The van der Waals surface area contributed by atoms with Crippen LogP contribution in [0.1, 0.15) is 28.1 Å². The van der Waals surface area contributed by atoms with Crippen LogP contribution in [-0.4, -0.2) is 48.4 Å². The Morgan fingerprint density at radius 2 is 1.93 bits per heavy atom. The molecule has 28 heavy (non-hydrogen) atoms. The molecule has 152 valence electrons. The zero-order chi connectivity index (χ0) is 20.2. The first-order valence-electron chi connectivity index (χ1n) is 8.80. The number of rotatable bonds is 7. The lowest BCUT2D eigenvalue weighted by Crippen LogP contribution is -2.44. The molecule has 0 saturated carbocycles. The first-order chi connectivity index (χ1) is 13.4.